The van der Waals surface area contributed by atoms with Gasteiger partial charge in [-0.15, -0.1) is 0 Å². The van der Waals surface area contributed by atoms with Crippen LogP contribution in [0.4, 0.5) is 0 Å². The van der Waals surface area contributed by atoms with Gasteiger partial charge in [0.25, 0.3) is 0 Å². The number of aliphatic hydroxyl groups is 25. The first-order chi connectivity index (χ1) is 53.0. The predicted molar refractivity (Wildman–Crippen MR) is 343 cm³/mol. The summed E-state index contributed by atoms with van der Waals surface area (Å²) < 4.78 is 102. The van der Waals surface area contributed by atoms with Gasteiger partial charge in [-0.05, 0) is 0 Å². The first kappa shape index (κ1) is 92.1. The molecule has 648 valence electrons. The molecule has 29 N–H and O–H groups in total. The molecule has 1 unspecified atom stereocenters. The van der Waals surface area contributed by atoms with Crippen LogP contribution in [-0.4, -0.2) is 487 Å². The number of carbonyl (C=O) groups excluding carboxylic acids is 4. The van der Waals surface area contributed by atoms with Gasteiger partial charge in [0, 0.05) is 27.7 Å². The minimum atomic E-state index is -2.66. The third-order valence-corrected chi connectivity index (χ3v) is 20.4. The number of hydrogen-bond donors (Lipinski definition) is 29. The Labute approximate surface area is 634 Å². The molecule has 50 heteroatoms. The summed E-state index contributed by atoms with van der Waals surface area (Å²) in [6.45, 7) is -6.45. The summed E-state index contributed by atoms with van der Waals surface area (Å²) in [5.41, 5.74) is 0. The highest BCUT2D eigenvalue weighted by atomic mass is 16.8. The summed E-state index contributed by atoms with van der Waals surface area (Å²) >= 11 is 0. The molecule has 0 bridgehead atoms. The zero-order chi connectivity index (χ0) is 82.5. The minimum absolute atomic E-state index is 0.887. The molecule has 50 nitrogen and oxygen atoms in total. The molecule has 0 aromatic carbocycles. The number of ether oxygens (including phenoxy) is 17. The van der Waals surface area contributed by atoms with Gasteiger partial charge in [-0.3, -0.25) is 19.2 Å². The molecule has 9 aliphatic heterocycles. The lowest BCUT2D eigenvalue weighted by Crippen LogP contribution is -2.71. The van der Waals surface area contributed by atoms with Crippen molar-refractivity contribution in [2.24, 2.45) is 0 Å². The quantitative estimate of drug-likeness (QED) is 0.0331. The average molecular weight is 1640 g/mol. The standard InChI is InChI=1S/C62H104N4O46/c1-14(75)63-27-37(85)47(23(10-72)97-54(27)95)108-60-46(94)51(110-62-53(43(91)35(83)22(9-71)102-62)112-57-30(66-17(4)78)39(87)49(25(12-74)104-57)107-59-45(93)41(89)33(81)20(7-69)100-59)50(109-55-28(64-15(2)76)36(84)31(79)18(5-67)98-55)26(105-60)13-96-61-52(42(90)34(82)21(8-70)101-61)111-56-29(65-16(3)77)38(86)48(24(11-73)103-56)106-58-44(92)40(88)32(80)19(6-68)99-58/h18-62,67-74,79-95H,5-13H2,1-4H3,(H,63,75)(H,64,76)(H,65,77)(H,66,78)/t18-,19-,20-,21-,22-,23-,24-,25-,26-,27-,28-,29-,30-,31-,32+,33+,34-,35-,36-,37-,38-,39-,40+,41+,42+,43+,44-,45-,46+,47-,48-,49-,50-,51-,52+,53+,54?,55+,56+,57+,58+,59+,60+,61+,62-/m1/s1. The van der Waals surface area contributed by atoms with Crippen LogP contribution >= 0.6 is 0 Å². The van der Waals surface area contributed by atoms with E-state index in [-0.39, 0.29) is 0 Å². The molecule has 9 aliphatic rings. The Hall–Kier alpha value is -3.80. The van der Waals surface area contributed by atoms with Crippen LogP contribution in [0.1, 0.15) is 27.7 Å². The summed E-state index contributed by atoms with van der Waals surface area (Å²) in [5, 5.41) is 287. The highest BCUT2D eigenvalue weighted by Gasteiger charge is 2.62. The Balaban J connectivity index is 1.14. The normalized spacial score (nSPS) is 48.9. The van der Waals surface area contributed by atoms with Crippen molar-refractivity contribution in [3.63, 3.8) is 0 Å². The Morgan fingerprint density at radius 3 is 0.875 bits per heavy atom. The van der Waals surface area contributed by atoms with E-state index in [4.69, 9.17) is 80.5 Å². The third-order valence-electron chi connectivity index (χ3n) is 20.4. The lowest BCUT2D eigenvalue weighted by molar-refractivity contribution is -0.408. The number of amides is 4. The molecule has 0 spiro atoms. The first-order valence-corrected chi connectivity index (χ1v) is 35.6. The molecule has 112 heavy (non-hydrogen) atoms. The van der Waals surface area contributed by atoms with E-state index in [1.54, 1.807) is 0 Å². The zero-order valence-electron chi connectivity index (χ0n) is 60.1. The molecule has 0 aromatic rings. The van der Waals surface area contributed by atoms with Crippen LogP contribution in [0.2, 0.25) is 0 Å². The van der Waals surface area contributed by atoms with Crippen LogP contribution in [0.3, 0.4) is 0 Å². The minimum Gasteiger partial charge on any atom is -0.394 e. The van der Waals surface area contributed by atoms with E-state index in [1.165, 1.54) is 0 Å². The molecule has 0 radical (unpaired) electrons. The molecular weight excluding hydrogens is 1540 g/mol. The van der Waals surface area contributed by atoms with Gasteiger partial charge in [0.15, 0.2) is 56.6 Å². The van der Waals surface area contributed by atoms with Crippen LogP contribution in [-0.2, 0) is 99.7 Å². The molecule has 0 saturated carbocycles. The fourth-order valence-corrected chi connectivity index (χ4v) is 14.4. The van der Waals surface area contributed by atoms with Crippen molar-refractivity contribution < 1.29 is 227 Å². The van der Waals surface area contributed by atoms with Gasteiger partial charge in [0.1, 0.15) is 219 Å². The molecule has 0 aromatic heterocycles. The Bertz CT molecular complexity index is 2970. The first-order valence-electron chi connectivity index (χ1n) is 35.6. The van der Waals surface area contributed by atoms with Crippen molar-refractivity contribution in [3.05, 3.63) is 0 Å². The monoisotopic (exact) mass is 1640 g/mol. The van der Waals surface area contributed by atoms with Gasteiger partial charge < -0.3 is 229 Å². The number of nitrogens with one attached hydrogen (secondary N) is 4. The lowest BCUT2D eigenvalue weighted by Gasteiger charge is -2.52. The van der Waals surface area contributed by atoms with Crippen molar-refractivity contribution in [2.45, 2.75) is 304 Å². The van der Waals surface area contributed by atoms with Gasteiger partial charge in [-0.25, -0.2) is 0 Å². The fraction of sp³-hybridized carbons (Fsp3) is 0.935. The van der Waals surface area contributed by atoms with Gasteiger partial charge in [-0.1, -0.05) is 0 Å². The lowest BCUT2D eigenvalue weighted by atomic mass is 9.93. The molecular formula is C62H104N4O46. The van der Waals surface area contributed by atoms with Gasteiger partial charge in [0.2, 0.25) is 23.6 Å². The average Bonchev–Trinajstić information content (AvgIpc) is 0.761. The highest BCUT2D eigenvalue weighted by molar-refractivity contribution is 5.74. The van der Waals surface area contributed by atoms with E-state index in [0.29, 0.717) is 0 Å². The number of carbonyl (C=O) groups is 4. The van der Waals surface area contributed by atoms with E-state index >= 15 is 0 Å². The van der Waals surface area contributed by atoms with Crippen molar-refractivity contribution >= 4 is 23.6 Å². The second-order valence-corrected chi connectivity index (χ2v) is 28.2. The Morgan fingerprint density at radius 2 is 0.491 bits per heavy atom. The molecule has 4 amide bonds. The SMILES string of the molecule is CC(=O)N[C@H]1[C@H](O[C@@H]2[C@@H](OC[C@H]3O[C@@H](O[C@H]4[C@H](O)[C@@H](NC(C)=O)C(O)O[C@@H]4CO)[C@@H](O)[C@@H](O[C@H]4O[C@H](CO)[C@@H](O)[C@H](O)[C@@H]4O[C@@H]4O[C@H](CO)[C@@H](O[C@@H]5O[C@H](CO)[C@H](O)[C@H](O)[C@H]5O)[C@H](O)[C@H]4NC(C)=O)[C@@H]3O[C@@H]3O[C@H](CO)[C@@H](O)[C@H](O)[C@H]3NC(C)=O)O[C@H](CO)[C@@H](O)[C@@H]2O)O[C@H](CO)[C@@H](O[C@@H]2O[C@H](CO)[C@H](O)[C@H](O)[C@H]2O)[C@@H]1O. The van der Waals surface area contributed by atoms with Crippen LogP contribution in [0.15, 0.2) is 0 Å². The van der Waals surface area contributed by atoms with Crippen LogP contribution in [0.5, 0.6) is 0 Å². The summed E-state index contributed by atoms with van der Waals surface area (Å²) in [5.74, 6) is -3.79. The fourth-order valence-electron chi connectivity index (χ4n) is 14.4. The maximum atomic E-state index is 13.1. The zero-order valence-corrected chi connectivity index (χ0v) is 60.1. The molecule has 9 rings (SSSR count). The second-order valence-electron chi connectivity index (χ2n) is 28.2. The van der Waals surface area contributed by atoms with Crippen molar-refractivity contribution in [1.29, 1.82) is 0 Å². The summed E-state index contributed by atoms with van der Waals surface area (Å²) in [6, 6.07) is -7.75. The van der Waals surface area contributed by atoms with Gasteiger partial charge in [0.05, 0.1) is 59.5 Å². The molecule has 9 saturated heterocycles. The summed E-state index contributed by atoms with van der Waals surface area (Å²) in [6.07, 6.45) is -87.5. The van der Waals surface area contributed by atoms with E-state index in [0.717, 1.165) is 27.7 Å². The topological polar surface area (TPSA) is 779 Å². The number of rotatable bonds is 29. The Kier molecular flexibility index (Phi) is 33.1. The highest BCUT2D eigenvalue weighted by Crippen LogP contribution is 2.41. The van der Waals surface area contributed by atoms with E-state index in [1.807, 2.05) is 0 Å². The second kappa shape index (κ2) is 40.3. The molecule has 9 fully saturated rings. The Morgan fingerprint density at radius 1 is 0.232 bits per heavy atom. The predicted octanol–water partition coefficient (Wildman–Crippen LogP) is -20.1. The van der Waals surface area contributed by atoms with Gasteiger partial charge in [-0.2, -0.15) is 0 Å². The maximum absolute atomic E-state index is 13.1. The van der Waals surface area contributed by atoms with E-state index in [2.05, 4.69) is 21.3 Å². The van der Waals surface area contributed by atoms with Crippen LogP contribution < -0.4 is 21.3 Å². The van der Waals surface area contributed by atoms with Gasteiger partial charge >= 0.3 is 0 Å². The number of aliphatic hydroxyl groups excluding tert-OH is 25. The van der Waals surface area contributed by atoms with Crippen molar-refractivity contribution in [2.75, 3.05) is 59.5 Å². The third kappa shape index (κ3) is 20.2. The number of hydrogen-bond acceptors (Lipinski definition) is 46. The van der Waals surface area contributed by atoms with Crippen molar-refractivity contribution in [1.82, 2.24) is 21.3 Å². The molecule has 0 aliphatic carbocycles. The maximum Gasteiger partial charge on any atom is 0.217 e. The van der Waals surface area contributed by atoms with Crippen LogP contribution in [0, 0.1) is 0 Å². The van der Waals surface area contributed by atoms with Crippen LogP contribution in [0.25, 0.3) is 0 Å². The van der Waals surface area contributed by atoms with E-state index in [9.17, 15) is 147 Å². The largest absolute Gasteiger partial charge is 0.394 e. The van der Waals surface area contributed by atoms with Crippen molar-refractivity contribution in [3.8, 4) is 0 Å². The molecule has 9 heterocycles. The summed E-state index contributed by atoms with van der Waals surface area (Å²) in [4.78, 5) is 51.5. The summed E-state index contributed by atoms with van der Waals surface area (Å²) in [7, 11) is 0. The molecule has 45 atom stereocenters. The smallest absolute Gasteiger partial charge is 0.217 e. The van der Waals surface area contributed by atoms with E-state index < -0.39 is 359 Å².